The minimum absolute atomic E-state index is 0.0129. The number of H-pyrrole nitrogens is 1. The highest BCUT2D eigenvalue weighted by atomic mass is 32.2. The number of aromatic amines is 1. The summed E-state index contributed by atoms with van der Waals surface area (Å²) in [6.45, 7) is 1.69. The first-order valence-corrected chi connectivity index (χ1v) is 10.9. The molecule has 0 saturated heterocycles. The molecule has 8 heteroatoms. The van der Waals surface area contributed by atoms with Crippen LogP contribution in [0, 0.1) is 6.92 Å². The number of nitrogens with zero attached hydrogens (tertiary/aromatic N) is 1. The van der Waals surface area contributed by atoms with E-state index in [1.807, 2.05) is 54.6 Å². The third-order valence-corrected chi connectivity index (χ3v) is 5.74. The van der Waals surface area contributed by atoms with Crippen molar-refractivity contribution in [2.45, 2.75) is 11.8 Å². The van der Waals surface area contributed by atoms with E-state index in [2.05, 4.69) is 10.2 Å². The number of hydrogen-bond donors (Lipinski definition) is 2. The Bertz CT molecular complexity index is 1400. The van der Waals surface area contributed by atoms with E-state index in [-0.39, 0.29) is 10.5 Å². The van der Waals surface area contributed by atoms with Crippen LogP contribution in [0.4, 0.5) is 0 Å². The van der Waals surface area contributed by atoms with E-state index in [9.17, 15) is 13.2 Å². The third-order valence-electron chi connectivity index (χ3n) is 4.81. The van der Waals surface area contributed by atoms with E-state index >= 15 is 0 Å². The molecular formula is C23H19N3O4S. The van der Waals surface area contributed by atoms with Crippen molar-refractivity contribution in [1.82, 2.24) is 10.2 Å². The molecule has 1 aromatic heterocycles. The molecule has 0 unspecified atom stereocenters. The number of ether oxygens (including phenoxy) is 1. The number of hydrogen-bond acceptors (Lipinski definition) is 5. The minimum Gasteiger partial charge on any atom is -0.457 e. The van der Waals surface area contributed by atoms with Crippen LogP contribution in [0.5, 0.6) is 11.5 Å². The van der Waals surface area contributed by atoms with Crippen LogP contribution >= 0.6 is 0 Å². The Morgan fingerprint density at radius 1 is 0.903 bits per heavy atom. The molecule has 0 bridgehead atoms. The predicted octanol–water partition coefficient (Wildman–Crippen LogP) is 3.85. The molecule has 156 valence electrons. The lowest BCUT2D eigenvalue weighted by Crippen LogP contribution is -2.15. The van der Waals surface area contributed by atoms with Crippen molar-refractivity contribution >= 4 is 10.0 Å². The number of nitrogens with one attached hydrogen (secondary N) is 1. The Balaban J connectivity index is 1.88. The smallest absolute Gasteiger partial charge is 0.267 e. The van der Waals surface area contributed by atoms with Crippen LogP contribution in [0.2, 0.25) is 0 Å². The van der Waals surface area contributed by atoms with Crippen molar-refractivity contribution in [3.8, 4) is 33.9 Å². The van der Waals surface area contributed by atoms with Gasteiger partial charge in [-0.2, -0.15) is 5.10 Å². The first-order chi connectivity index (χ1) is 14.8. The van der Waals surface area contributed by atoms with Crippen molar-refractivity contribution in [3.63, 3.8) is 0 Å². The van der Waals surface area contributed by atoms with Crippen LogP contribution in [-0.4, -0.2) is 18.6 Å². The van der Waals surface area contributed by atoms with Gasteiger partial charge in [0.05, 0.1) is 4.90 Å². The SMILES string of the molecule is Cc1c(-c2ccc(S(N)(=O)=O)cc2)c(-c2ccccc2Oc2ccccc2)n[nH]c1=O. The monoisotopic (exact) mass is 433 g/mol. The molecular weight excluding hydrogens is 414 g/mol. The Morgan fingerprint density at radius 2 is 1.55 bits per heavy atom. The Kier molecular flexibility index (Phi) is 5.41. The number of rotatable bonds is 5. The van der Waals surface area contributed by atoms with E-state index in [4.69, 9.17) is 9.88 Å². The number of nitrogens with two attached hydrogens (primary N) is 1. The lowest BCUT2D eigenvalue weighted by Gasteiger charge is -2.15. The third kappa shape index (κ3) is 4.25. The van der Waals surface area contributed by atoms with Gasteiger partial charge in [0.25, 0.3) is 5.56 Å². The second-order valence-electron chi connectivity index (χ2n) is 6.88. The summed E-state index contributed by atoms with van der Waals surface area (Å²) in [5.41, 5.74) is 2.50. The molecule has 3 aromatic carbocycles. The molecule has 0 fully saturated rings. The fourth-order valence-electron chi connectivity index (χ4n) is 3.26. The number of para-hydroxylation sites is 2. The maximum absolute atomic E-state index is 12.3. The minimum atomic E-state index is -3.83. The highest BCUT2D eigenvalue weighted by Crippen LogP contribution is 2.38. The van der Waals surface area contributed by atoms with Crippen molar-refractivity contribution in [2.75, 3.05) is 0 Å². The van der Waals surface area contributed by atoms with Crippen LogP contribution in [0.3, 0.4) is 0 Å². The van der Waals surface area contributed by atoms with E-state index in [1.54, 1.807) is 19.1 Å². The van der Waals surface area contributed by atoms with Crippen LogP contribution in [0.1, 0.15) is 5.56 Å². The molecule has 4 rings (SSSR count). The fourth-order valence-corrected chi connectivity index (χ4v) is 3.78. The Labute approximate surface area is 179 Å². The van der Waals surface area contributed by atoms with Gasteiger partial charge >= 0.3 is 0 Å². The van der Waals surface area contributed by atoms with Crippen molar-refractivity contribution in [3.05, 3.63) is 94.8 Å². The number of sulfonamides is 1. The summed E-state index contributed by atoms with van der Waals surface area (Å²) in [5.74, 6) is 1.23. The van der Waals surface area contributed by atoms with Gasteiger partial charge in [-0.3, -0.25) is 4.79 Å². The largest absolute Gasteiger partial charge is 0.457 e. The molecule has 0 aliphatic heterocycles. The van der Waals surface area contributed by atoms with Crippen molar-refractivity contribution < 1.29 is 13.2 Å². The molecule has 0 spiro atoms. The summed E-state index contributed by atoms with van der Waals surface area (Å²) in [4.78, 5) is 12.3. The first-order valence-electron chi connectivity index (χ1n) is 9.39. The molecule has 0 aliphatic carbocycles. The molecule has 4 aromatic rings. The summed E-state index contributed by atoms with van der Waals surface area (Å²) < 4.78 is 29.3. The van der Waals surface area contributed by atoms with Gasteiger partial charge in [-0.15, -0.1) is 0 Å². The van der Waals surface area contributed by atoms with Crippen molar-refractivity contribution in [2.24, 2.45) is 5.14 Å². The normalized spacial score (nSPS) is 11.3. The molecule has 31 heavy (non-hydrogen) atoms. The maximum Gasteiger partial charge on any atom is 0.267 e. The molecule has 0 atom stereocenters. The topological polar surface area (TPSA) is 115 Å². The van der Waals surface area contributed by atoms with Gasteiger partial charge < -0.3 is 4.74 Å². The van der Waals surface area contributed by atoms with E-state index in [1.165, 1.54) is 12.1 Å². The fraction of sp³-hybridized carbons (Fsp3) is 0.0435. The lowest BCUT2D eigenvalue weighted by atomic mass is 9.96. The highest BCUT2D eigenvalue weighted by Gasteiger charge is 2.19. The predicted molar refractivity (Wildman–Crippen MR) is 118 cm³/mol. The lowest BCUT2D eigenvalue weighted by molar-refractivity contribution is 0.484. The van der Waals surface area contributed by atoms with E-state index in [0.29, 0.717) is 39.4 Å². The highest BCUT2D eigenvalue weighted by molar-refractivity contribution is 7.89. The average molecular weight is 433 g/mol. The molecule has 1 heterocycles. The molecule has 0 amide bonds. The molecule has 0 aliphatic rings. The number of benzene rings is 3. The summed E-state index contributed by atoms with van der Waals surface area (Å²) in [6.07, 6.45) is 0. The second-order valence-corrected chi connectivity index (χ2v) is 8.44. The van der Waals surface area contributed by atoms with E-state index < -0.39 is 10.0 Å². The standard InChI is InChI=1S/C23H19N3O4S/c1-15-21(16-11-13-18(14-12-16)31(24,28)29)22(25-26-23(15)27)19-9-5-6-10-20(19)30-17-7-3-2-4-8-17/h2-14H,1H3,(H,26,27)(H2,24,28,29). The summed E-state index contributed by atoms with van der Waals surface area (Å²) in [5, 5.41) is 12.0. The van der Waals surface area contributed by atoms with Gasteiger partial charge in [-0.05, 0) is 48.9 Å². The summed E-state index contributed by atoms with van der Waals surface area (Å²) >= 11 is 0. The van der Waals surface area contributed by atoms with Gasteiger partial charge in [0.15, 0.2) is 0 Å². The van der Waals surface area contributed by atoms with Gasteiger partial charge in [0.2, 0.25) is 10.0 Å². The van der Waals surface area contributed by atoms with Crippen LogP contribution < -0.4 is 15.4 Å². The number of primary sulfonamides is 1. The maximum atomic E-state index is 12.3. The Hall–Kier alpha value is -3.75. The molecule has 0 radical (unpaired) electrons. The zero-order chi connectivity index (χ0) is 22.0. The van der Waals surface area contributed by atoms with E-state index in [0.717, 1.165) is 0 Å². The summed E-state index contributed by atoms with van der Waals surface area (Å²) in [7, 11) is -3.83. The molecule has 0 saturated carbocycles. The molecule has 3 N–H and O–H groups in total. The second kappa shape index (κ2) is 8.17. The molecule has 7 nitrogen and oxygen atoms in total. The van der Waals surface area contributed by atoms with Gasteiger partial charge in [-0.1, -0.05) is 42.5 Å². The van der Waals surface area contributed by atoms with Gasteiger partial charge in [0.1, 0.15) is 17.2 Å². The Morgan fingerprint density at radius 3 is 2.23 bits per heavy atom. The van der Waals surface area contributed by atoms with Crippen molar-refractivity contribution in [1.29, 1.82) is 0 Å². The van der Waals surface area contributed by atoms with Crippen LogP contribution in [-0.2, 0) is 10.0 Å². The quantitative estimate of drug-likeness (QED) is 0.496. The van der Waals surface area contributed by atoms with Gasteiger partial charge in [0, 0.05) is 16.7 Å². The number of aromatic nitrogens is 2. The van der Waals surface area contributed by atoms with Crippen LogP contribution in [0.25, 0.3) is 22.4 Å². The summed E-state index contributed by atoms with van der Waals surface area (Å²) in [6, 6.07) is 22.7. The zero-order valence-corrected chi connectivity index (χ0v) is 17.4. The van der Waals surface area contributed by atoms with Crippen LogP contribution in [0.15, 0.2) is 88.6 Å². The average Bonchev–Trinajstić information content (AvgIpc) is 2.76. The zero-order valence-electron chi connectivity index (χ0n) is 16.6. The first kappa shape index (κ1) is 20.5. The van der Waals surface area contributed by atoms with Gasteiger partial charge in [-0.25, -0.2) is 18.7 Å².